The number of aryl methyl sites for hydroxylation is 3. The zero-order chi connectivity index (χ0) is 24.3. The molecule has 5 heterocycles. The maximum atomic E-state index is 13.8. The fourth-order valence-electron chi connectivity index (χ4n) is 5.74. The van der Waals surface area contributed by atoms with Gasteiger partial charge in [0.1, 0.15) is 5.82 Å². The Hall–Kier alpha value is -3.32. The molecule has 7 heteroatoms. The zero-order valence-electron chi connectivity index (χ0n) is 20.3. The molecule has 6 rings (SSSR count). The van der Waals surface area contributed by atoms with Crippen molar-refractivity contribution in [3.05, 3.63) is 65.6 Å². The number of benzene rings is 1. The van der Waals surface area contributed by atoms with E-state index in [1.165, 1.54) is 10.9 Å². The molecule has 0 aliphatic carbocycles. The van der Waals surface area contributed by atoms with Crippen LogP contribution >= 0.6 is 0 Å². The Labute approximate surface area is 203 Å². The first kappa shape index (κ1) is 22.2. The minimum absolute atomic E-state index is 0.0578. The van der Waals surface area contributed by atoms with E-state index in [2.05, 4.69) is 58.2 Å². The second-order valence-corrected chi connectivity index (χ2v) is 10.1. The maximum Gasteiger partial charge on any atom is 0.262 e. The molecule has 1 N–H and O–H groups in total. The van der Waals surface area contributed by atoms with Gasteiger partial charge in [0.2, 0.25) is 0 Å². The number of aromatic nitrogens is 3. The first-order chi connectivity index (χ1) is 16.8. The van der Waals surface area contributed by atoms with Crippen LogP contribution in [0.4, 0.5) is 14.6 Å². The van der Waals surface area contributed by atoms with Crippen molar-refractivity contribution in [1.82, 2.24) is 19.9 Å². The summed E-state index contributed by atoms with van der Waals surface area (Å²) in [5, 5.41) is 1.20. The van der Waals surface area contributed by atoms with Gasteiger partial charge in [-0.1, -0.05) is 12.1 Å². The van der Waals surface area contributed by atoms with E-state index in [0.717, 1.165) is 51.7 Å². The molecule has 1 atom stereocenters. The van der Waals surface area contributed by atoms with Crippen LogP contribution in [0.25, 0.3) is 33.3 Å². The highest BCUT2D eigenvalue weighted by Crippen LogP contribution is 2.36. The Morgan fingerprint density at radius 3 is 2.46 bits per heavy atom. The summed E-state index contributed by atoms with van der Waals surface area (Å²) < 4.78 is 27.6. The number of piperazine rings is 1. The lowest BCUT2D eigenvalue weighted by Crippen LogP contribution is -2.50. The molecule has 2 aliphatic heterocycles. The van der Waals surface area contributed by atoms with Gasteiger partial charge in [-0.2, -0.15) is 0 Å². The number of hydrogen-bond donors (Lipinski definition) is 1. The number of anilines is 1. The SMILES string of the molecule is Cc1cc(-c2[nH]c3cc(-c4ccc(N5CCN6CC(F)(F)C[C@H]6C5)nc4)ccc3c2C)cc(C)n1. The van der Waals surface area contributed by atoms with Crippen molar-refractivity contribution < 1.29 is 8.78 Å². The number of nitrogens with zero attached hydrogens (tertiary/aromatic N) is 4. The summed E-state index contributed by atoms with van der Waals surface area (Å²) in [4.78, 5) is 16.9. The Morgan fingerprint density at radius 1 is 0.943 bits per heavy atom. The third-order valence-electron chi connectivity index (χ3n) is 7.41. The summed E-state index contributed by atoms with van der Waals surface area (Å²) in [6.07, 6.45) is 1.83. The van der Waals surface area contributed by atoms with Gasteiger partial charge >= 0.3 is 0 Å². The first-order valence-corrected chi connectivity index (χ1v) is 12.2. The van der Waals surface area contributed by atoms with Crippen molar-refractivity contribution in [2.24, 2.45) is 0 Å². The molecular weight excluding hydrogens is 444 g/mol. The van der Waals surface area contributed by atoms with Gasteiger partial charge in [-0.05, 0) is 62.2 Å². The molecule has 4 aromatic rings. The van der Waals surface area contributed by atoms with E-state index >= 15 is 0 Å². The number of alkyl halides is 2. The molecule has 2 saturated heterocycles. The number of H-pyrrole nitrogens is 1. The smallest absolute Gasteiger partial charge is 0.262 e. The average Bonchev–Trinajstić information content (AvgIpc) is 3.32. The van der Waals surface area contributed by atoms with Crippen LogP contribution in [0.2, 0.25) is 0 Å². The summed E-state index contributed by atoms with van der Waals surface area (Å²) in [7, 11) is 0. The minimum Gasteiger partial charge on any atom is -0.354 e. The minimum atomic E-state index is -2.57. The van der Waals surface area contributed by atoms with Crippen LogP contribution < -0.4 is 4.90 Å². The molecule has 0 radical (unpaired) electrons. The molecule has 0 bridgehead atoms. The van der Waals surface area contributed by atoms with E-state index in [4.69, 9.17) is 4.98 Å². The largest absolute Gasteiger partial charge is 0.354 e. The van der Waals surface area contributed by atoms with Crippen LogP contribution in [0, 0.1) is 20.8 Å². The maximum absolute atomic E-state index is 13.8. The third kappa shape index (κ3) is 4.08. The Balaban J connectivity index is 1.25. The van der Waals surface area contributed by atoms with E-state index in [1.54, 1.807) is 0 Å². The van der Waals surface area contributed by atoms with Gasteiger partial charge in [0.15, 0.2) is 0 Å². The van der Waals surface area contributed by atoms with Crippen molar-refractivity contribution in [3.8, 4) is 22.4 Å². The average molecular weight is 474 g/mol. The number of hydrogen-bond acceptors (Lipinski definition) is 4. The fourth-order valence-corrected chi connectivity index (χ4v) is 5.74. The molecule has 0 spiro atoms. The molecular formula is C28H29F2N5. The van der Waals surface area contributed by atoms with Crippen molar-refractivity contribution in [2.75, 3.05) is 31.1 Å². The number of pyridine rings is 2. The van der Waals surface area contributed by atoms with Crippen molar-refractivity contribution in [1.29, 1.82) is 0 Å². The number of rotatable bonds is 3. The second kappa shape index (κ2) is 8.12. The third-order valence-corrected chi connectivity index (χ3v) is 7.41. The fraction of sp³-hybridized carbons (Fsp3) is 0.357. The standard InChI is InChI=1S/C28H29F2N5/c1-17-10-22(11-18(2)32-17)27-19(3)24-6-4-20(12-25(24)33-27)21-5-7-26(31-14-21)34-8-9-35-16-28(29,30)13-23(35)15-34/h4-7,10-12,14,23,33H,8-9,13,15-16H2,1-3H3/t23-/m0/s1. The molecule has 35 heavy (non-hydrogen) atoms. The molecule has 3 aromatic heterocycles. The van der Waals surface area contributed by atoms with Gasteiger partial charge in [-0.15, -0.1) is 0 Å². The zero-order valence-corrected chi connectivity index (χ0v) is 20.3. The highest BCUT2D eigenvalue weighted by atomic mass is 19.3. The lowest BCUT2D eigenvalue weighted by Gasteiger charge is -2.37. The predicted octanol–water partition coefficient (Wildman–Crippen LogP) is 5.75. The Kier molecular flexibility index (Phi) is 5.14. The van der Waals surface area contributed by atoms with Gasteiger partial charge in [0, 0.05) is 77.4 Å². The van der Waals surface area contributed by atoms with E-state index in [-0.39, 0.29) is 19.0 Å². The number of nitrogens with one attached hydrogen (secondary N) is 1. The molecule has 1 aromatic carbocycles. The highest BCUT2D eigenvalue weighted by Gasteiger charge is 2.46. The summed E-state index contributed by atoms with van der Waals surface area (Å²) in [5.74, 6) is -1.71. The monoisotopic (exact) mass is 473 g/mol. The summed E-state index contributed by atoms with van der Waals surface area (Å²) in [6, 6.07) is 14.7. The van der Waals surface area contributed by atoms with Crippen LogP contribution in [0.15, 0.2) is 48.7 Å². The van der Waals surface area contributed by atoms with E-state index in [9.17, 15) is 8.78 Å². The summed E-state index contributed by atoms with van der Waals surface area (Å²) in [6.45, 7) is 8.06. The first-order valence-electron chi connectivity index (χ1n) is 12.2. The van der Waals surface area contributed by atoms with Crippen molar-refractivity contribution in [2.45, 2.75) is 39.2 Å². The molecule has 2 aliphatic rings. The quantitative estimate of drug-likeness (QED) is 0.412. The number of fused-ring (bicyclic) bond motifs is 2. The molecule has 180 valence electrons. The normalized spacial score (nSPS) is 19.9. The van der Waals surface area contributed by atoms with E-state index < -0.39 is 5.92 Å². The van der Waals surface area contributed by atoms with E-state index in [1.807, 2.05) is 31.0 Å². The van der Waals surface area contributed by atoms with Gasteiger partial charge in [-0.3, -0.25) is 9.88 Å². The van der Waals surface area contributed by atoms with Crippen LogP contribution in [-0.4, -0.2) is 58.0 Å². The lowest BCUT2D eigenvalue weighted by atomic mass is 10.0. The summed E-state index contributed by atoms with van der Waals surface area (Å²) >= 11 is 0. The van der Waals surface area contributed by atoms with Gasteiger partial charge in [0.25, 0.3) is 5.92 Å². The lowest BCUT2D eigenvalue weighted by molar-refractivity contribution is 0.0125. The molecule has 2 fully saturated rings. The van der Waals surface area contributed by atoms with Crippen LogP contribution in [0.1, 0.15) is 23.4 Å². The van der Waals surface area contributed by atoms with Crippen molar-refractivity contribution in [3.63, 3.8) is 0 Å². The molecule has 0 saturated carbocycles. The van der Waals surface area contributed by atoms with Crippen molar-refractivity contribution >= 4 is 16.7 Å². The Bertz CT molecular complexity index is 1390. The molecule has 5 nitrogen and oxygen atoms in total. The van der Waals surface area contributed by atoms with Gasteiger partial charge < -0.3 is 9.88 Å². The van der Waals surface area contributed by atoms with Gasteiger partial charge in [-0.25, -0.2) is 13.8 Å². The van der Waals surface area contributed by atoms with Crippen LogP contribution in [0.5, 0.6) is 0 Å². The summed E-state index contributed by atoms with van der Waals surface area (Å²) in [5.41, 5.74) is 8.72. The topological polar surface area (TPSA) is 48.1 Å². The number of halogens is 2. The van der Waals surface area contributed by atoms with Crippen LogP contribution in [-0.2, 0) is 0 Å². The molecule has 0 unspecified atom stereocenters. The molecule has 0 amide bonds. The van der Waals surface area contributed by atoms with Gasteiger partial charge in [0.05, 0.1) is 6.54 Å². The number of aromatic amines is 1. The van der Waals surface area contributed by atoms with E-state index in [0.29, 0.717) is 13.1 Å². The van der Waals surface area contributed by atoms with Crippen LogP contribution in [0.3, 0.4) is 0 Å². The predicted molar refractivity (Wildman–Crippen MR) is 136 cm³/mol. The highest BCUT2D eigenvalue weighted by molar-refractivity contribution is 5.93. The Morgan fingerprint density at radius 2 is 1.71 bits per heavy atom. The second-order valence-electron chi connectivity index (χ2n) is 10.1.